The number of hydrogen-bond donors (Lipinski definition) is 2. The van der Waals surface area contributed by atoms with Crippen LogP contribution in [-0.2, 0) is 9.59 Å². The molecule has 0 aliphatic heterocycles. The van der Waals surface area contributed by atoms with Crippen LogP contribution in [0.3, 0.4) is 0 Å². The summed E-state index contributed by atoms with van der Waals surface area (Å²) in [4.78, 5) is 24.7. The van der Waals surface area contributed by atoms with Gasteiger partial charge in [0.2, 0.25) is 11.8 Å². The van der Waals surface area contributed by atoms with Crippen molar-refractivity contribution in [1.29, 1.82) is 0 Å². The first-order valence-electron chi connectivity index (χ1n) is 7.04. The summed E-state index contributed by atoms with van der Waals surface area (Å²) in [5.41, 5.74) is -0.373. The molecule has 4 nitrogen and oxygen atoms in total. The molecule has 3 rings (SSSR count). The Morgan fingerprint density at radius 3 is 2.09 bits per heavy atom. The van der Waals surface area contributed by atoms with E-state index in [1.807, 2.05) is 6.07 Å². The number of carbonyl (C=O) groups is 2. The molecule has 2 aromatic rings. The van der Waals surface area contributed by atoms with E-state index in [0.29, 0.717) is 18.5 Å². The van der Waals surface area contributed by atoms with Crippen molar-refractivity contribution in [3.8, 4) is 0 Å². The fourth-order valence-electron chi connectivity index (χ4n) is 2.26. The first-order chi connectivity index (χ1) is 10.6. The highest BCUT2D eigenvalue weighted by Gasteiger charge is 2.56. The molecule has 2 aromatic carbocycles. The number of halogens is 1. The van der Waals surface area contributed by atoms with Gasteiger partial charge < -0.3 is 10.6 Å². The molecule has 2 N–H and O–H groups in total. The van der Waals surface area contributed by atoms with Gasteiger partial charge in [0.05, 0.1) is 5.69 Å². The van der Waals surface area contributed by atoms with E-state index in [2.05, 4.69) is 10.6 Å². The zero-order chi connectivity index (χ0) is 15.6. The van der Waals surface area contributed by atoms with Crippen molar-refractivity contribution in [2.45, 2.75) is 12.8 Å². The normalized spacial score (nSPS) is 15.0. The quantitative estimate of drug-likeness (QED) is 0.852. The molecular weight excluding hydrogens is 283 g/mol. The molecule has 1 saturated carbocycles. The van der Waals surface area contributed by atoms with Crippen LogP contribution in [0.25, 0.3) is 0 Å². The lowest BCUT2D eigenvalue weighted by Gasteiger charge is -2.15. The Morgan fingerprint density at radius 2 is 1.45 bits per heavy atom. The van der Waals surface area contributed by atoms with E-state index in [4.69, 9.17) is 0 Å². The van der Waals surface area contributed by atoms with Crippen LogP contribution >= 0.6 is 0 Å². The zero-order valence-corrected chi connectivity index (χ0v) is 11.8. The maximum atomic E-state index is 13.6. The molecule has 22 heavy (non-hydrogen) atoms. The lowest BCUT2D eigenvalue weighted by molar-refractivity contribution is -0.131. The van der Waals surface area contributed by atoms with Crippen LogP contribution in [-0.4, -0.2) is 11.8 Å². The number of rotatable bonds is 4. The largest absolute Gasteiger partial charge is 0.325 e. The standard InChI is InChI=1S/C17H15FN2O2/c18-13-8-4-5-9-14(13)20-16(22)17(10-11-17)15(21)19-12-6-2-1-3-7-12/h1-9H,10-11H2,(H,19,21)(H,20,22). The minimum Gasteiger partial charge on any atom is -0.325 e. The third kappa shape index (κ3) is 2.70. The van der Waals surface area contributed by atoms with Gasteiger partial charge in [-0.25, -0.2) is 4.39 Å². The fraction of sp³-hybridized carbons (Fsp3) is 0.176. The monoisotopic (exact) mass is 298 g/mol. The molecule has 112 valence electrons. The highest BCUT2D eigenvalue weighted by molar-refractivity contribution is 6.16. The Bertz CT molecular complexity index is 712. The average Bonchev–Trinajstić information content (AvgIpc) is 3.32. The third-order valence-corrected chi connectivity index (χ3v) is 3.77. The van der Waals surface area contributed by atoms with Crippen LogP contribution in [0.15, 0.2) is 54.6 Å². The van der Waals surface area contributed by atoms with Crippen LogP contribution in [0.1, 0.15) is 12.8 Å². The number of benzene rings is 2. The number of para-hydroxylation sites is 2. The Balaban J connectivity index is 1.72. The van der Waals surface area contributed by atoms with Crippen molar-refractivity contribution in [2.75, 3.05) is 10.6 Å². The summed E-state index contributed by atoms with van der Waals surface area (Å²) < 4.78 is 13.6. The molecule has 0 aromatic heterocycles. The van der Waals surface area contributed by atoms with E-state index in [0.717, 1.165) is 0 Å². The number of nitrogens with one attached hydrogen (secondary N) is 2. The van der Waals surface area contributed by atoms with Gasteiger partial charge >= 0.3 is 0 Å². The number of amides is 2. The smallest absolute Gasteiger partial charge is 0.240 e. The van der Waals surface area contributed by atoms with Crippen molar-refractivity contribution in [3.05, 3.63) is 60.4 Å². The highest BCUT2D eigenvalue weighted by Crippen LogP contribution is 2.47. The zero-order valence-electron chi connectivity index (χ0n) is 11.8. The lowest BCUT2D eigenvalue weighted by Crippen LogP contribution is -2.35. The van der Waals surface area contributed by atoms with Gasteiger partial charge in [-0.2, -0.15) is 0 Å². The van der Waals surface area contributed by atoms with Crippen molar-refractivity contribution in [1.82, 2.24) is 0 Å². The maximum Gasteiger partial charge on any atom is 0.240 e. The molecule has 0 bridgehead atoms. The van der Waals surface area contributed by atoms with Crippen LogP contribution in [0.4, 0.5) is 15.8 Å². The van der Waals surface area contributed by atoms with Gasteiger partial charge in [-0.05, 0) is 37.1 Å². The van der Waals surface area contributed by atoms with E-state index in [-0.39, 0.29) is 11.6 Å². The Kier molecular flexibility index (Phi) is 3.63. The molecule has 0 radical (unpaired) electrons. The van der Waals surface area contributed by atoms with Gasteiger partial charge in [0, 0.05) is 5.69 Å². The predicted molar refractivity (Wildman–Crippen MR) is 81.8 cm³/mol. The van der Waals surface area contributed by atoms with Crippen molar-refractivity contribution < 1.29 is 14.0 Å². The van der Waals surface area contributed by atoms with Crippen LogP contribution < -0.4 is 10.6 Å². The topological polar surface area (TPSA) is 58.2 Å². The third-order valence-electron chi connectivity index (χ3n) is 3.77. The van der Waals surface area contributed by atoms with Gasteiger partial charge in [0.15, 0.2) is 0 Å². The molecule has 0 heterocycles. The summed E-state index contributed by atoms with van der Waals surface area (Å²) in [6.07, 6.45) is 0.928. The highest BCUT2D eigenvalue weighted by atomic mass is 19.1. The van der Waals surface area contributed by atoms with E-state index < -0.39 is 17.1 Å². The van der Waals surface area contributed by atoms with Crippen molar-refractivity contribution in [2.24, 2.45) is 5.41 Å². The SMILES string of the molecule is O=C(Nc1ccccc1)C1(C(=O)Nc2ccccc2F)CC1. The molecule has 2 amide bonds. The number of hydrogen-bond acceptors (Lipinski definition) is 2. The molecule has 0 saturated heterocycles. The summed E-state index contributed by atoms with van der Waals surface area (Å²) in [6, 6.07) is 14.8. The van der Waals surface area contributed by atoms with Crippen molar-refractivity contribution >= 4 is 23.2 Å². The molecule has 0 spiro atoms. The summed E-state index contributed by atoms with van der Waals surface area (Å²) in [6.45, 7) is 0. The molecule has 0 unspecified atom stereocenters. The maximum absolute atomic E-state index is 13.6. The molecule has 5 heteroatoms. The van der Waals surface area contributed by atoms with Gasteiger partial charge in [-0.15, -0.1) is 0 Å². The summed E-state index contributed by atoms with van der Waals surface area (Å²) in [5.74, 6) is -1.34. The minimum atomic E-state index is -1.10. The van der Waals surface area contributed by atoms with Gasteiger partial charge in [0.1, 0.15) is 11.2 Å². The molecule has 0 atom stereocenters. The summed E-state index contributed by atoms with van der Waals surface area (Å²) in [5, 5.41) is 5.24. The Labute approximate surface area is 127 Å². The number of carbonyl (C=O) groups excluding carboxylic acids is 2. The van der Waals surface area contributed by atoms with E-state index in [9.17, 15) is 14.0 Å². The predicted octanol–water partition coefficient (Wildman–Crippen LogP) is 3.18. The Morgan fingerprint density at radius 1 is 0.864 bits per heavy atom. The average molecular weight is 298 g/mol. The molecule has 1 aliphatic rings. The molecule has 1 fully saturated rings. The summed E-state index contributed by atoms with van der Waals surface area (Å²) in [7, 11) is 0. The fourth-order valence-corrected chi connectivity index (χ4v) is 2.26. The first-order valence-corrected chi connectivity index (χ1v) is 7.04. The first kappa shape index (κ1) is 14.3. The van der Waals surface area contributed by atoms with Gasteiger partial charge in [-0.1, -0.05) is 30.3 Å². The minimum absolute atomic E-state index is 0.0892. The van der Waals surface area contributed by atoms with Crippen molar-refractivity contribution in [3.63, 3.8) is 0 Å². The second-order valence-electron chi connectivity index (χ2n) is 5.34. The van der Waals surface area contributed by atoms with Gasteiger partial charge in [0.25, 0.3) is 0 Å². The molecule has 1 aliphatic carbocycles. The van der Waals surface area contributed by atoms with Crippen LogP contribution in [0.5, 0.6) is 0 Å². The van der Waals surface area contributed by atoms with E-state index in [1.54, 1.807) is 36.4 Å². The second kappa shape index (κ2) is 5.60. The molecular formula is C17H15FN2O2. The second-order valence-corrected chi connectivity index (χ2v) is 5.34. The Hall–Kier alpha value is -2.69. The van der Waals surface area contributed by atoms with Crippen LogP contribution in [0, 0.1) is 11.2 Å². The van der Waals surface area contributed by atoms with E-state index >= 15 is 0 Å². The lowest BCUT2D eigenvalue weighted by atomic mass is 10.0. The van der Waals surface area contributed by atoms with E-state index in [1.165, 1.54) is 12.1 Å². The van der Waals surface area contributed by atoms with Crippen LogP contribution in [0.2, 0.25) is 0 Å². The van der Waals surface area contributed by atoms with Gasteiger partial charge in [-0.3, -0.25) is 9.59 Å². The number of anilines is 2. The summed E-state index contributed by atoms with van der Waals surface area (Å²) >= 11 is 0.